The first kappa shape index (κ1) is 22.7. The van der Waals surface area contributed by atoms with E-state index in [-0.39, 0.29) is 28.6 Å². The molecule has 0 aliphatic rings. The number of nitro groups is 1. The number of rotatable bonds is 5. The smallest absolute Gasteiger partial charge is 0.365 e. The largest absolute Gasteiger partial charge is 0.433 e. The number of nitrogens with zero attached hydrogens (tertiary/aromatic N) is 4. The van der Waals surface area contributed by atoms with E-state index in [2.05, 4.69) is 15.4 Å². The summed E-state index contributed by atoms with van der Waals surface area (Å²) in [7, 11) is 0. The number of non-ortho nitro benzene ring substituents is 1. The van der Waals surface area contributed by atoms with Crippen molar-refractivity contribution in [3.05, 3.63) is 63.8 Å². The van der Waals surface area contributed by atoms with Crippen LogP contribution in [0.1, 0.15) is 36.8 Å². The maximum Gasteiger partial charge on any atom is 0.433 e. The maximum atomic E-state index is 13.1. The summed E-state index contributed by atoms with van der Waals surface area (Å²) in [6, 6.07) is 8.63. The van der Waals surface area contributed by atoms with Gasteiger partial charge in [-0.05, 0) is 45.0 Å². The van der Waals surface area contributed by atoms with E-state index in [4.69, 9.17) is 5.73 Å². The standard InChI is InChI=1S/C20H19F3N6O3/c1-19(2,3)28-18(26-14-6-4-5-13(25-14)20(21,22)23)15(17(24)30)16(27-28)11-7-9-12(10-8-11)29(31)32/h4-10H,1-3H3,(H2,24,30)(H,25,26). The number of hydrogen-bond acceptors (Lipinski definition) is 6. The first-order chi connectivity index (χ1) is 14.8. The fourth-order valence-electron chi connectivity index (χ4n) is 2.98. The zero-order valence-corrected chi connectivity index (χ0v) is 17.3. The Kier molecular flexibility index (Phi) is 5.64. The lowest BCUT2D eigenvalue weighted by atomic mass is 10.1. The third kappa shape index (κ3) is 4.53. The van der Waals surface area contributed by atoms with Gasteiger partial charge >= 0.3 is 6.18 Å². The van der Waals surface area contributed by atoms with Crippen molar-refractivity contribution >= 4 is 23.2 Å². The number of nitro benzene ring substituents is 1. The molecule has 168 valence electrons. The Morgan fingerprint density at radius 1 is 1.12 bits per heavy atom. The van der Waals surface area contributed by atoms with E-state index in [1.807, 2.05) is 0 Å². The van der Waals surface area contributed by atoms with E-state index in [1.54, 1.807) is 20.8 Å². The van der Waals surface area contributed by atoms with Crippen LogP contribution in [0.3, 0.4) is 0 Å². The first-order valence-corrected chi connectivity index (χ1v) is 9.28. The molecule has 0 saturated heterocycles. The van der Waals surface area contributed by atoms with Crippen LogP contribution < -0.4 is 11.1 Å². The Morgan fingerprint density at radius 2 is 1.75 bits per heavy atom. The van der Waals surface area contributed by atoms with Gasteiger partial charge in [0.2, 0.25) is 0 Å². The number of aromatic nitrogens is 3. The number of nitrogens with one attached hydrogen (secondary N) is 1. The molecule has 0 unspecified atom stereocenters. The number of primary amides is 1. The van der Waals surface area contributed by atoms with Crippen LogP contribution in [0, 0.1) is 10.1 Å². The molecule has 1 amide bonds. The van der Waals surface area contributed by atoms with Crippen LogP contribution in [0.4, 0.5) is 30.5 Å². The van der Waals surface area contributed by atoms with Crippen LogP contribution in [0.25, 0.3) is 11.3 Å². The van der Waals surface area contributed by atoms with E-state index in [0.717, 1.165) is 6.07 Å². The average molecular weight is 448 g/mol. The Labute approximate surface area is 180 Å². The Bertz CT molecular complexity index is 1180. The molecule has 0 spiro atoms. The lowest BCUT2D eigenvalue weighted by Crippen LogP contribution is -2.25. The maximum absolute atomic E-state index is 13.1. The number of benzene rings is 1. The van der Waals surface area contributed by atoms with Crippen molar-refractivity contribution in [2.24, 2.45) is 5.73 Å². The summed E-state index contributed by atoms with van der Waals surface area (Å²) in [5.74, 6) is -1.00. The lowest BCUT2D eigenvalue weighted by molar-refractivity contribution is -0.384. The van der Waals surface area contributed by atoms with E-state index >= 15 is 0 Å². The van der Waals surface area contributed by atoms with Crippen molar-refractivity contribution in [1.82, 2.24) is 14.8 Å². The number of carbonyl (C=O) groups excluding carboxylic acids is 1. The van der Waals surface area contributed by atoms with Gasteiger partial charge < -0.3 is 11.1 Å². The third-order valence-electron chi connectivity index (χ3n) is 4.40. The summed E-state index contributed by atoms with van der Waals surface area (Å²) in [5, 5.41) is 18.1. The molecule has 3 aromatic rings. The topological polar surface area (TPSA) is 129 Å². The highest BCUT2D eigenvalue weighted by molar-refractivity contribution is 6.04. The molecule has 0 saturated carbocycles. The van der Waals surface area contributed by atoms with Crippen molar-refractivity contribution in [3.63, 3.8) is 0 Å². The highest BCUT2D eigenvalue weighted by Crippen LogP contribution is 2.35. The van der Waals surface area contributed by atoms with Crippen molar-refractivity contribution in [3.8, 4) is 11.3 Å². The molecule has 9 nitrogen and oxygen atoms in total. The Balaban J connectivity index is 2.19. The van der Waals surface area contributed by atoms with Gasteiger partial charge in [-0.1, -0.05) is 6.07 Å². The number of nitrogens with two attached hydrogens (primary N) is 1. The van der Waals surface area contributed by atoms with Crippen LogP contribution in [0.5, 0.6) is 0 Å². The highest BCUT2D eigenvalue weighted by Gasteiger charge is 2.33. The van der Waals surface area contributed by atoms with Gasteiger partial charge in [-0.25, -0.2) is 9.67 Å². The van der Waals surface area contributed by atoms with E-state index in [1.165, 1.54) is 41.1 Å². The van der Waals surface area contributed by atoms with Gasteiger partial charge in [-0.3, -0.25) is 14.9 Å². The number of alkyl halides is 3. The molecule has 1 aromatic carbocycles. The lowest BCUT2D eigenvalue weighted by Gasteiger charge is -2.23. The SMILES string of the molecule is CC(C)(C)n1nc(-c2ccc([N+](=O)[O-])cc2)c(C(N)=O)c1Nc1cccc(C(F)(F)F)n1. The number of anilines is 2. The summed E-state index contributed by atoms with van der Waals surface area (Å²) >= 11 is 0. The molecule has 3 N–H and O–H groups in total. The van der Waals surface area contributed by atoms with Gasteiger partial charge in [0, 0.05) is 17.7 Å². The third-order valence-corrected chi connectivity index (χ3v) is 4.40. The molecule has 0 radical (unpaired) electrons. The minimum atomic E-state index is -4.65. The minimum Gasteiger partial charge on any atom is -0.365 e. The highest BCUT2D eigenvalue weighted by atomic mass is 19.4. The molecule has 0 aliphatic heterocycles. The molecule has 0 atom stereocenters. The van der Waals surface area contributed by atoms with Crippen LogP contribution in [-0.2, 0) is 11.7 Å². The fourth-order valence-corrected chi connectivity index (χ4v) is 2.98. The number of halogens is 3. The number of pyridine rings is 1. The molecular weight excluding hydrogens is 429 g/mol. The van der Waals surface area contributed by atoms with Crippen molar-refractivity contribution in [2.75, 3.05) is 5.32 Å². The number of hydrogen-bond donors (Lipinski definition) is 2. The molecular formula is C20H19F3N6O3. The van der Waals surface area contributed by atoms with Crippen LogP contribution in [-0.4, -0.2) is 25.6 Å². The molecule has 32 heavy (non-hydrogen) atoms. The van der Waals surface area contributed by atoms with Gasteiger partial charge in [-0.15, -0.1) is 0 Å². The Morgan fingerprint density at radius 3 is 2.25 bits per heavy atom. The van der Waals surface area contributed by atoms with Crippen LogP contribution >= 0.6 is 0 Å². The van der Waals surface area contributed by atoms with Gasteiger partial charge in [0.1, 0.15) is 28.6 Å². The molecule has 3 rings (SSSR count). The second kappa shape index (κ2) is 7.94. The van der Waals surface area contributed by atoms with Gasteiger partial charge in [-0.2, -0.15) is 18.3 Å². The summed E-state index contributed by atoms with van der Waals surface area (Å²) in [4.78, 5) is 26.3. The zero-order valence-electron chi connectivity index (χ0n) is 17.3. The van der Waals surface area contributed by atoms with Crippen LogP contribution in [0.2, 0.25) is 0 Å². The van der Waals surface area contributed by atoms with Crippen molar-refractivity contribution in [1.29, 1.82) is 0 Å². The molecule has 12 heteroatoms. The van der Waals surface area contributed by atoms with Crippen LogP contribution in [0.15, 0.2) is 42.5 Å². The minimum absolute atomic E-state index is 0.0465. The summed E-state index contributed by atoms with van der Waals surface area (Å²) in [5.41, 5.74) is 4.02. The Hall–Kier alpha value is -3.96. The first-order valence-electron chi connectivity index (χ1n) is 9.28. The van der Waals surface area contributed by atoms with Gasteiger partial charge in [0.25, 0.3) is 11.6 Å². The monoisotopic (exact) mass is 448 g/mol. The summed E-state index contributed by atoms with van der Waals surface area (Å²) in [6.07, 6.45) is -4.65. The number of amides is 1. The molecule has 0 aliphatic carbocycles. The normalized spacial score (nSPS) is 11.9. The van der Waals surface area contributed by atoms with E-state index in [0.29, 0.717) is 5.56 Å². The van der Waals surface area contributed by atoms with E-state index in [9.17, 15) is 28.1 Å². The van der Waals surface area contributed by atoms with E-state index < -0.39 is 28.2 Å². The molecule has 0 fully saturated rings. The summed E-state index contributed by atoms with van der Waals surface area (Å²) in [6.45, 7) is 5.32. The molecule has 0 bridgehead atoms. The summed E-state index contributed by atoms with van der Waals surface area (Å²) < 4.78 is 40.6. The second-order valence-corrected chi connectivity index (χ2v) is 7.85. The zero-order chi connectivity index (χ0) is 23.8. The van der Waals surface area contributed by atoms with Gasteiger partial charge in [0.05, 0.1) is 10.5 Å². The molecule has 2 aromatic heterocycles. The van der Waals surface area contributed by atoms with Crippen molar-refractivity contribution in [2.45, 2.75) is 32.5 Å². The fraction of sp³-hybridized carbons (Fsp3) is 0.250. The second-order valence-electron chi connectivity index (χ2n) is 7.85. The average Bonchev–Trinajstić information content (AvgIpc) is 3.07. The van der Waals surface area contributed by atoms with Gasteiger partial charge in [0.15, 0.2) is 0 Å². The number of carbonyl (C=O) groups is 1. The predicted octanol–water partition coefficient (Wildman–Crippen LogP) is 4.47. The molecule has 2 heterocycles. The quantitative estimate of drug-likeness (QED) is 0.438. The predicted molar refractivity (Wildman–Crippen MR) is 110 cm³/mol. The van der Waals surface area contributed by atoms with Crippen molar-refractivity contribution < 1.29 is 22.9 Å².